The molecule has 1 aromatic rings. The molecule has 15 heavy (non-hydrogen) atoms. The molecule has 0 saturated carbocycles. The third-order valence-electron chi connectivity index (χ3n) is 2.19. The molecule has 1 aromatic carbocycles. The largest absolute Gasteiger partial charge is 0.494 e. The van der Waals surface area contributed by atoms with Crippen molar-refractivity contribution in [2.24, 2.45) is 5.73 Å². The molecule has 0 aliphatic heterocycles. The summed E-state index contributed by atoms with van der Waals surface area (Å²) < 4.78 is 5.52. The summed E-state index contributed by atoms with van der Waals surface area (Å²) in [7, 11) is 0. The smallest absolute Gasteiger partial charge is 0.119 e. The molecular formula is C13H17NO. The minimum absolute atomic E-state index is 0.324. The minimum atomic E-state index is -0.324. The molecule has 2 heteroatoms. The van der Waals surface area contributed by atoms with Crippen LogP contribution in [0.25, 0.3) is 0 Å². The zero-order chi connectivity index (χ0) is 11.1. The zero-order valence-corrected chi connectivity index (χ0v) is 9.07. The van der Waals surface area contributed by atoms with Gasteiger partial charge in [0.1, 0.15) is 5.75 Å². The lowest BCUT2D eigenvalue weighted by Crippen LogP contribution is -2.06. The number of nitrogens with two attached hydrogens (primary N) is 1. The lowest BCUT2D eigenvalue weighted by atomic mass is 10.1. The summed E-state index contributed by atoms with van der Waals surface area (Å²) in [6.07, 6.45) is 7.45. The van der Waals surface area contributed by atoms with E-state index < -0.39 is 0 Å². The predicted molar refractivity (Wildman–Crippen MR) is 62.6 cm³/mol. The number of rotatable bonds is 5. The molecule has 0 heterocycles. The van der Waals surface area contributed by atoms with E-state index in [-0.39, 0.29) is 6.04 Å². The lowest BCUT2D eigenvalue weighted by Gasteiger charge is -2.07. The van der Waals surface area contributed by atoms with E-state index in [1.807, 2.05) is 24.3 Å². The summed E-state index contributed by atoms with van der Waals surface area (Å²) in [6.45, 7) is 2.90. The Kier molecular flexibility index (Phi) is 4.73. The maximum atomic E-state index is 5.69. The van der Waals surface area contributed by atoms with Gasteiger partial charge >= 0.3 is 0 Å². The number of hydrogen-bond donors (Lipinski definition) is 1. The highest BCUT2D eigenvalue weighted by atomic mass is 16.5. The fourth-order valence-electron chi connectivity index (χ4n) is 1.20. The first-order valence-electron chi connectivity index (χ1n) is 5.22. The second kappa shape index (κ2) is 6.10. The van der Waals surface area contributed by atoms with Crippen molar-refractivity contribution in [2.75, 3.05) is 6.61 Å². The number of terminal acetylenes is 1. The van der Waals surface area contributed by atoms with Crippen molar-refractivity contribution in [1.29, 1.82) is 0 Å². The maximum absolute atomic E-state index is 5.69. The van der Waals surface area contributed by atoms with E-state index in [1.54, 1.807) is 0 Å². The van der Waals surface area contributed by atoms with Crippen LogP contribution in [-0.2, 0) is 0 Å². The highest BCUT2D eigenvalue weighted by molar-refractivity contribution is 5.31. The molecule has 0 saturated heterocycles. The topological polar surface area (TPSA) is 35.2 Å². The van der Waals surface area contributed by atoms with Crippen LogP contribution >= 0.6 is 0 Å². The van der Waals surface area contributed by atoms with Crippen molar-refractivity contribution in [3.63, 3.8) is 0 Å². The van der Waals surface area contributed by atoms with E-state index in [9.17, 15) is 0 Å². The summed E-state index contributed by atoms with van der Waals surface area (Å²) in [5.41, 5.74) is 6.63. The number of hydrogen-bond acceptors (Lipinski definition) is 2. The van der Waals surface area contributed by atoms with Gasteiger partial charge in [0, 0.05) is 0 Å². The van der Waals surface area contributed by atoms with Gasteiger partial charge in [0.2, 0.25) is 0 Å². The number of unbranched alkanes of at least 4 members (excludes halogenated alkanes) is 1. The fourth-order valence-corrected chi connectivity index (χ4v) is 1.20. The molecule has 1 atom stereocenters. The first-order chi connectivity index (χ1) is 7.27. The summed E-state index contributed by atoms with van der Waals surface area (Å²) in [6, 6.07) is 7.30. The van der Waals surface area contributed by atoms with Crippen LogP contribution in [0, 0.1) is 12.3 Å². The van der Waals surface area contributed by atoms with Gasteiger partial charge in [-0.15, -0.1) is 6.42 Å². The molecule has 0 radical (unpaired) electrons. The minimum Gasteiger partial charge on any atom is -0.494 e. The van der Waals surface area contributed by atoms with Crippen molar-refractivity contribution in [3.8, 4) is 18.1 Å². The Morgan fingerprint density at radius 3 is 2.60 bits per heavy atom. The molecule has 0 aliphatic rings. The molecule has 0 bridgehead atoms. The second-order valence-corrected chi connectivity index (χ2v) is 3.42. The number of ether oxygens (including phenoxy) is 1. The van der Waals surface area contributed by atoms with Gasteiger partial charge in [-0.1, -0.05) is 31.4 Å². The molecular weight excluding hydrogens is 186 g/mol. The monoisotopic (exact) mass is 203 g/mol. The Morgan fingerprint density at radius 2 is 2.07 bits per heavy atom. The van der Waals surface area contributed by atoms with Crippen molar-refractivity contribution in [1.82, 2.24) is 0 Å². The third kappa shape index (κ3) is 3.65. The molecule has 0 amide bonds. The van der Waals surface area contributed by atoms with Gasteiger partial charge in [-0.05, 0) is 24.1 Å². The SMILES string of the molecule is C#CC(N)c1ccc(OCCCC)cc1. The normalized spacial score (nSPS) is 11.8. The summed E-state index contributed by atoms with van der Waals surface area (Å²) in [5.74, 6) is 3.36. The van der Waals surface area contributed by atoms with Gasteiger partial charge in [-0.3, -0.25) is 0 Å². The van der Waals surface area contributed by atoms with E-state index in [4.69, 9.17) is 16.9 Å². The second-order valence-electron chi connectivity index (χ2n) is 3.42. The van der Waals surface area contributed by atoms with E-state index >= 15 is 0 Å². The Balaban J connectivity index is 2.53. The van der Waals surface area contributed by atoms with Crippen LogP contribution in [0.3, 0.4) is 0 Å². The summed E-state index contributed by atoms with van der Waals surface area (Å²) in [4.78, 5) is 0. The highest BCUT2D eigenvalue weighted by Gasteiger charge is 2.01. The molecule has 80 valence electrons. The Hall–Kier alpha value is -1.46. The quantitative estimate of drug-likeness (QED) is 0.589. The van der Waals surface area contributed by atoms with Crippen molar-refractivity contribution in [2.45, 2.75) is 25.8 Å². The average Bonchev–Trinajstić information content (AvgIpc) is 2.29. The highest BCUT2D eigenvalue weighted by Crippen LogP contribution is 2.16. The Labute approximate surface area is 91.4 Å². The van der Waals surface area contributed by atoms with Crippen LogP contribution in [0.2, 0.25) is 0 Å². The van der Waals surface area contributed by atoms with Gasteiger partial charge in [-0.25, -0.2) is 0 Å². The molecule has 2 N–H and O–H groups in total. The predicted octanol–water partition coefficient (Wildman–Crippen LogP) is 2.50. The Bertz CT molecular complexity index is 323. The maximum Gasteiger partial charge on any atom is 0.119 e. The van der Waals surface area contributed by atoms with Crippen LogP contribution in [0.1, 0.15) is 31.4 Å². The summed E-state index contributed by atoms with van der Waals surface area (Å²) in [5, 5.41) is 0. The van der Waals surface area contributed by atoms with Crippen LogP contribution in [0.5, 0.6) is 5.75 Å². The van der Waals surface area contributed by atoms with Crippen LogP contribution in [0.4, 0.5) is 0 Å². The molecule has 0 fully saturated rings. The van der Waals surface area contributed by atoms with E-state index in [0.717, 1.165) is 30.8 Å². The Morgan fingerprint density at radius 1 is 1.40 bits per heavy atom. The fraction of sp³-hybridized carbons (Fsp3) is 0.385. The molecule has 1 rings (SSSR count). The summed E-state index contributed by atoms with van der Waals surface area (Å²) >= 11 is 0. The van der Waals surface area contributed by atoms with Crippen LogP contribution in [0.15, 0.2) is 24.3 Å². The first kappa shape index (κ1) is 11.6. The van der Waals surface area contributed by atoms with Crippen molar-refractivity contribution >= 4 is 0 Å². The standard InChI is InChI=1S/C13H17NO/c1-3-5-10-15-12-8-6-11(7-9-12)13(14)4-2/h2,6-9,13H,3,5,10,14H2,1H3. The van der Waals surface area contributed by atoms with Gasteiger partial charge < -0.3 is 10.5 Å². The molecule has 0 spiro atoms. The zero-order valence-electron chi connectivity index (χ0n) is 9.07. The van der Waals surface area contributed by atoms with E-state index in [0.29, 0.717) is 0 Å². The van der Waals surface area contributed by atoms with Gasteiger partial charge in [-0.2, -0.15) is 0 Å². The van der Waals surface area contributed by atoms with Crippen molar-refractivity contribution in [3.05, 3.63) is 29.8 Å². The third-order valence-corrected chi connectivity index (χ3v) is 2.19. The number of benzene rings is 1. The molecule has 0 aromatic heterocycles. The molecule has 1 unspecified atom stereocenters. The van der Waals surface area contributed by atoms with Gasteiger partial charge in [0.05, 0.1) is 12.6 Å². The first-order valence-corrected chi connectivity index (χ1v) is 5.22. The molecule has 2 nitrogen and oxygen atoms in total. The van der Waals surface area contributed by atoms with Gasteiger partial charge in [0.25, 0.3) is 0 Å². The van der Waals surface area contributed by atoms with Crippen molar-refractivity contribution < 1.29 is 4.74 Å². The molecule has 0 aliphatic carbocycles. The lowest BCUT2D eigenvalue weighted by molar-refractivity contribution is 0.309. The average molecular weight is 203 g/mol. The van der Waals surface area contributed by atoms with Crippen LogP contribution in [-0.4, -0.2) is 6.61 Å². The van der Waals surface area contributed by atoms with E-state index in [2.05, 4.69) is 12.8 Å². The van der Waals surface area contributed by atoms with Gasteiger partial charge in [0.15, 0.2) is 0 Å². The van der Waals surface area contributed by atoms with E-state index in [1.165, 1.54) is 0 Å². The van der Waals surface area contributed by atoms with Crippen LogP contribution < -0.4 is 10.5 Å².